The van der Waals surface area contributed by atoms with Crippen LogP contribution in [0.5, 0.6) is 0 Å². The summed E-state index contributed by atoms with van der Waals surface area (Å²) < 4.78 is 2.68. The van der Waals surface area contributed by atoms with Crippen molar-refractivity contribution in [1.29, 1.82) is 0 Å². The highest BCUT2D eigenvalue weighted by Crippen LogP contribution is 2.16. The van der Waals surface area contributed by atoms with Crippen molar-refractivity contribution in [2.45, 2.75) is 12.5 Å². The van der Waals surface area contributed by atoms with Gasteiger partial charge >= 0.3 is 0 Å². The predicted octanol–water partition coefficient (Wildman–Crippen LogP) is 3.03. The molecule has 0 aromatic heterocycles. The molecule has 3 heteroatoms. The molecule has 1 aromatic rings. The molecule has 0 spiro atoms. The van der Waals surface area contributed by atoms with Crippen molar-refractivity contribution in [3.05, 3.63) is 30.9 Å². The van der Waals surface area contributed by atoms with Gasteiger partial charge in [-0.25, -0.2) is 0 Å². The van der Waals surface area contributed by atoms with Gasteiger partial charge in [0.25, 0.3) is 0 Å². The normalized spacial score (nSPS) is 10.1. The van der Waals surface area contributed by atoms with E-state index in [1.165, 1.54) is 12.7 Å². The van der Waals surface area contributed by atoms with Crippen LogP contribution in [0, 0.1) is 7.14 Å². The SMILES string of the molecule is [Si]CCc1ccc(I)cc1I. The average Bonchev–Trinajstić information content (AvgIpc) is 1.95. The highest BCUT2D eigenvalue weighted by molar-refractivity contribution is 14.1. The second kappa shape index (κ2) is 4.81. The van der Waals surface area contributed by atoms with Gasteiger partial charge in [0.05, 0.1) is 0 Å². The third-order valence-corrected chi connectivity index (χ3v) is 3.33. The van der Waals surface area contributed by atoms with Crippen molar-refractivity contribution in [2.75, 3.05) is 0 Å². The van der Waals surface area contributed by atoms with Crippen molar-refractivity contribution < 1.29 is 0 Å². The molecule has 0 heterocycles. The van der Waals surface area contributed by atoms with Gasteiger partial charge in [0.2, 0.25) is 0 Å². The Kier molecular flexibility index (Phi) is 4.36. The minimum Gasteiger partial charge on any atom is -0.0597 e. The molecular weight excluding hydrogens is 378 g/mol. The lowest BCUT2D eigenvalue weighted by Gasteiger charge is -2.01. The second-order valence-electron chi connectivity index (χ2n) is 2.24. The molecule has 57 valence electrons. The largest absolute Gasteiger partial charge is 0.0597 e. The van der Waals surface area contributed by atoms with Crippen molar-refractivity contribution in [3.63, 3.8) is 0 Å². The van der Waals surface area contributed by atoms with E-state index in [4.69, 9.17) is 0 Å². The Bertz CT molecular complexity index is 248. The summed E-state index contributed by atoms with van der Waals surface area (Å²) in [7, 11) is 3.48. The molecule has 0 saturated heterocycles. The summed E-state index contributed by atoms with van der Waals surface area (Å²) in [4.78, 5) is 0. The Morgan fingerprint density at radius 1 is 1.27 bits per heavy atom. The van der Waals surface area contributed by atoms with E-state index < -0.39 is 0 Å². The van der Waals surface area contributed by atoms with E-state index in [0.717, 1.165) is 12.5 Å². The lowest BCUT2D eigenvalue weighted by atomic mass is 10.2. The second-order valence-corrected chi connectivity index (χ2v) is 5.14. The van der Waals surface area contributed by atoms with Gasteiger partial charge < -0.3 is 0 Å². The van der Waals surface area contributed by atoms with Crippen LogP contribution >= 0.6 is 45.2 Å². The van der Waals surface area contributed by atoms with Crippen LogP contribution in [0.15, 0.2) is 18.2 Å². The quantitative estimate of drug-likeness (QED) is 0.543. The fraction of sp³-hybridized carbons (Fsp3) is 0.250. The molecule has 0 aliphatic heterocycles. The van der Waals surface area contributed by atoms with Crippen LogP contribution in [0.1, 0.15) is 5.56 Å². The number of rotatable bonds is 2. The average molecular weight is 385 g/mol. The summed E-state index contributed by atoms with van der Waals surface area (Å²) in [6, 6.07) is 7.60. The molecule has 1 rings (SSSR count). The minimum absolute atomic E-state index is 1.04. The molecule has 0 fully saturated rings. The van der Waals surface area contributed by atoms with Crippen LogP contribution in [0.25, 0.3) is 0 Å². The van der Waals surface area contributed by atoms with Gasteiger partial charge in [-0.15, -0.1) is 0 Å². The fourth-order valence-corrected chi connectivity index (χ4v) is 3.00. The fourth-order valence-electron chi connectivity index (χ4n) is 0.859. The molecule has 0 aliphatic carbocycles. The molecule has 0 atom stereocenters. The smallest absolute Gasteiger partial charge is 0.0225 e. The predicted molar refractivity (Wildman–Crippen MR) is 66.1 cm³/mol. The number of aryl methyl sites for hydroxylation is 1. The van der Waals surface area contributed by atoms with Crippen LogP contribution in [-0.4, -0.2) is 10.2 Å². The first-order valence-electron chi connectivity index (χ1n) is 3.32. The van der Waals surface area contributed by atoms with Crippen LogP contribution in [-0.2, 0) is 6.42 Å². The van der Waals surface area contributed by atoms with Gasteiger partial charge in [0.1, 0.15) is 0 Å². The number of hydrogen-bond donors (Lipinski definition) is 0. The molecule has 1 aromatic carbocycles. The van der Waals surface area contributed by atoms with Gasteiger partial charge in [0, 0.05) is 17.4 Å². The van der Waals surface area contributed by atoms with Gasteiger partial charge in [0.15, 0.2) is 0 Å². The van der Waals surface area contributed by atoms with Gasteiger partial charge in [-0.2, -0.15) is 0 Å². The minimum atomic E-state index is 1.04. The van der Waals surface area contributed by atoms with Gasteiger partial charge in [-0.05, 0) is 69.3 Å². The monoisotopic (exact) mass is 385 g/mol. The first kappa shape index (κ1) is 9.98. The zero-order valence-electron chi connectivity index (χ0n) is 5.90. The number of benzene rings is 1. The summed E-state index contributed by atoms with van der Waals surface area (Å²) >= 11 is 4.72. The van der Waals surface area contributed by atoms with E-state index >= 15 is 0 Å². The van der Waals surface area contributed by atoms with Gasteiger partial charge in [-0.1, -0.05) is 12.1 Å². The summed E-state index contributed by atoms with van der Waals surface area (Å²) in [5.41, 5.74) is 1.43. The maximum absolute atomic E-state index is 3.48. The van der Waals surface area contributed by atoms with Crippen molar-refractivity contribution in [1.82, 2.24) is 0 Å². The van der Waals surface area contributed by atoms with E-state index in [1.807, 2.05) is 0 Å². The molecule has 3 radical (unpaired) electrons. The molecule has 0 nitrogen and oxygen atoms in total. The first-order valence-corrected chi connectivity index (χ1v) is 6.19. The van der Waals surface area contributed by atoms with Crippen molar-refractivity contribution >= 4 is 55.4 Å². The van der Waals surface area contributed by atoms with E-state index in [1.54, 1.807) is 0 Å². The summed E-state index contributed by atoms with van der Waals surface area (Å²) in [6.07, 6.45) is 1.12. The molecule has 0 N–H and O–H groups in total. The molecule has 11 heavy (non-hydrogen) atoms. The zero-order chi connectivity index (χ0) is 8.27. The zero-order valence-corrected chi connectivity index (χ0v) is 11.2. The third-order valence-electron chi connectivity index (χ3n) is 1.41. The first-order chi connectivity index (χ1) is 5.24. The standard InChI is InChI=1S/C8H7I2Si/c9-7-2-1-6(3-4-11)8(10)5-7/h1-2,5H,3-4H2. The van der Waals surface area contributed by atoms with Crippen molar-refractivity contribution in [3.8, 4) is 0 Å². The molecule has 0 aliphatic rings. The topological polar surface area (TPSA) is 0 Å². The maximum atomic E-state index is 3.48. The van der Waals surface area contributed by atoms with Crippen molar-refractivity contribution in [2.24, 2.45) is 0 Å². The molecular formula is C8H7I2Si. The van der Waals surface area contributed by atoms with Crippen LogP contribution in [0.4, 0.5) is 0 Å². The van der Waals surface area contributed by atoms with E-state index in [0.29, 0.717) is 0 Å². The summed E-state index contributed by atoms with van der Waals surface area (Å²) in [5.74, 6) is 0. The maximum Gasteiger partial charge on any atom is 0.0225 e. The molecule has 0 amide bonds. The van der Waals surface area contributed by atoms with E-state index in [-0.39, 0.29) is 0 Å². The highest BCUT2D eigenvalue weighted by Gasteiger charge is 1.97. The summed E-state index contributed by atoms with van der Waals surface area (Å²) in [5, 5.41) is 0. The Morgan fingerprint density at radius 3 is 2.55 bits per heavy atom. The Balaban J connectivity index is 2.90. The van der Waals surface area contributed by atoms with Crippen LogP contribution in [0.3, 0.4) is 0 Å². The van der Waals surface area contributed by atoms with Gasteiger partial charge in [-0.3, -0.25) is 0 Å². The lowest BCUT2D eigenvalue weighted by molar-refractivity contribution is 1.12. The lowest BCUT2D eigenvalue weighted by Crippen LogP contribution is -1.88. The summed E-state index contributed by atoms with van der Waals surface area (Å²) in [6.45, 7) is 0. The molecule has 0 bridgehead atoms. The Hall–Kier alpha value is 0.897. The van der Waals surface area contributed by atoms with E-state index in [9.17, 15) is 0 Å². The number of hydrogen-bond acceptors (Lipinski definition) is 0. The van der Waals surface area contributed by atoms with Crippen LogP contribution in [0.2, 0.25) is 6.04 Å². The Labute approximate surface area is 97.9 Å². The highest BCUT2D eigenvalue weighted by atomic mass is 127. The molecule has 0 saturated carbocycles. The van der Waals surface area contributed by atoms with Crippen LogP contribution < -0.4 is 0 Å². The Morgan fingerprint density at radius 2 is 2.00 bits per heavy atom. The van der Waals surface area contributed by atoms with E-state index in [2.05, 4.69) is 73.6 Å². The molecule has 0 unspecified atom stereocenters. The number of halogens is 2. The third kappa shape index (κ3) is 3.02.